The molecule has 4 rings (SSSR count). The lowest BCUT2D eigenvalue weighted by atomic mass is 9.90. The van der Waals surface area contributed by atoms with E-state index in [0.29, 0.717) is 24.8 Å². The third-order valence-electron chi connectivity index (χ3n) is 5.61. The molecule has 1 fully saturated rings. The fourth-order valence-corrected chi connectivity index (χ4v) is 4.24. The molecular formula is C21H28N4O2. The monoisotopic (exact) mass is 368 g/mol. The first kappa shape index (κ1) is 18.2. The van der Waals surface area contributed by atoms with Crippen LogP contribution in [0, 0.1) is 0 Å². The number of carbonyl (C=O) groups excluding carboxylic acids is 1. The van der Waals surface area contributed by atoms with Gasteiger partial charge in [-0.2, -0.15) is 5.10 Å². The van der Waals surface area contributed by atoms with Crippen LogP contribution in [0.15, 0.2) is 30.3 Å². The predicted octanol–water partition coefficient (Wildman–Crippen LogP) is 1.87. The molecule has 1 aromatic carbocycles. The van der Waals surface area contributed by atoms with Gasteiger partial charge in [-0.25, -0.2) is 0 Å². The van der Waals surface area contributed by atoms with E-state index in [-0.39, 0.29) is 5.91 Å². The summed E-state index contributed by atoms with van der Waals surface area (Å²) in [6, 6.07) is 10.8. The van der Waals surface area contributed by atoms with Crippen molar-refractivity contribution in [2.45, 2.75) is 38.8 Å². The second-order valence-corrected chi connectivity index (χ2v) is 7.32. The number of nitrogens with zero attached hydrogens (tertiary/aromatic N) is 3. The standard InChI is InChI=1S/C21H28N4O2/c1-2-22-21(26)20-18-14-17(24-10-12-27-13-11-24)8-9-19(18)25(23-20)15-16-6-4-3-5-7-16/h3-7,17H,2,8-15H2,1H3,(H,22,26)/t17-/m1/s1. The van der Waals surface area contributed by atoms with Crippen molar-refractivity contribution in [3.8, 4) is 0 Å². The van der Waals surface area contributed by atoms with Crippen molar-refractivity contribution in [3.05, 3.63) is 52.8 Å². The Hall–Kier alpha value is -2.18. The van der Waals surface area contributed by atoms with Crippen LogP contribution in [0.25, 0.3) is 0 Å². The molecule has 0 bridgehead atoms. The van der Waals surface area contributed by atoms with Crippen molar-refractivity contribution in [1.82, 2.24) is 20.0 Å². The van der Waals surface area contributed by atoms with E-state index in [1.165, 1.54) is 11.3 Å². The second kappa shape index (κ2) is 8.23. The van der Waals surface area contributed by atoms with Gasteiger partial charge in [0.25, 0.3) is 5.91 Å². The number of ether oxygens (including phenoxy) is 1. The minimum atomic E-state index is -0.0526. The van der Waals surface area contributed by atoms with E-state index in [0.717, 1.165) is 51.1 Å². The third-order valence-corrected chi connectivity index (χ3v) is 5.61. The van der Waals surface area contributed by atoms with Crippen LogP contribution in [0.1, 0.15) is 40.7 Å². The van der Waals surface area contributed by atoms with Crippen molar-refractivity contribution >= 4 is 5.91 Å². The number of rotatable bonds is 5. The number of morpholine rings is 1. The van der Waals surface area contributed by atoms with Crippen LogP contribution in [0.3, 0.4) is 0 Å². The predicted molar refractivity (Wildman–Crippen MR) is 104 cm³/mol. The van der Waals surface area contributed by atoms with Crippen LogP contribution in [0.5, 0.6) is 0 Å². The van der Waals surface area contributed by atoms with E-state index in [1.54, 1.807) is 0 Å². The van der Waals surface area contributed by atoms with E-state index in [9.17, 15) is 4.79 Å². The highest BCUT2D eigenvalue weighted by Crippen LogP contribution is 2.28. The summed E-state index contributed by atoms with van der Waals surface area (Å²) in [4.78, 5) is 15.2. The zero-order valence-electron chi connectivity index (χ0n) is 16.0. The van der Waals surface area contributed by atoms with Gasteiger partial charge in [-0.15, -0.1) is 0 Å². The van der Waals surface area contributed by atoms with Gasteiger partial charge in [0.2, 0.25) is 0 Å². The normalized spacial score (nSPS) is 20.3. The second-order valence-electron chi connectivity index (χ2n) is 7.32. The molecule has 6 heteroatoms. The number of nitrogens with one attached hydrogen (secondary N) is 1. The zero-order chi connectivity index (χ0) is 18.6. The molecule has 0 unspecified atom stereocenters. The van der Waals surface area contributed by atoms with E-state index in [4.69, 9.17) is 9.84 Å². The minimum Gasteiger partial charge on any atom is -0.379 e. The molecule has 1 saturated heterocycles. The maximum absolute atomic E-state index is 12.6. The smallest absolute Gasteiger partial charge is 0.272 e. The SMILES string of the molecule is CCNC(=O)c1nn(Cc2ccccc2)c2c1C[C@H](N1CCOCC1)CC2. The minimum absolute atomic E-state index is 0.0526. The molecular weight excluding hydrogens is 340 g/mol. The highest BCUT2D eigenvalue weighted by molar-refractivity contribution is 5.94. The van der Waals surface area contributed by atoms with Crippen LogP contribution in [0.2, 0.25) is 0 Å². The van der Waals surface area contributed by atoms with Gasteiger partial charge in [0, 0.05) is 36.9 Å². The van der Waals surface area contributed by atoms with E-state index < -0.39 is 0 Å². The van der Waals surface area contributed by atoms with Gasteiger partial charge in [-0.1, -0.05) is 30.3 Å². The molecule has 1 aliphatic carbocycles. The Morgan fingerprint density at radius 3 is 2.78 bits per heavy atom. The van der Waals surface area contributed by atoms with Crippen molar-refractivity contribution in [2.24, 2.45) is 0 Å². The van der Waals surface area contributed by atoms with Crippen molar-refractivity contribution in [3.63, 3.8) is 0 Å². The van der Waals surface area contributed by atoms with E-state index in [1.807, 2.05) is 29.8 Å². The molecule has 1 amide bonds. The Morgan fingerprint density at radius 2 is 2.04 bits per heavy atom. The first-order valence-corrected chi connectivity index (χ1v) is 9.98. The van der Waals surface area contributed by atoms with E-state index in [2.05, 4.69) is 22.3 Å². The molecule has 0 spiro atoms. The molecule has 1 atom stereocenters. The van der Waals surface area contributed by atoms with Gasteiger partial charge < -0.3 is 10.1 Å². The fourth-order valence-electron chi connectivity index (χ4n) is 4.24. The fraction of sp³-hybridized carbons (Fsp3) is 0.524. The Bertz CT molecular complexity index is 781. The molecule has 2 heterocycles. The number of hydrogen-bond donors (Lipinski definition) is 1. The topological polar surface area (TPSA) is 59.4 Å². The van der Waals surface area contributed by atoms with Crippen LogP contribution < -0.4 is 5.32 Å². The van der Waals surface area contributed by atoms with Crippen molar-refractivity contribution in [1.29, 1.82) is 0 Å². The number of aromatic nitrogens is 2. The number of fused-ring (bicyclic) bond motifs is 1. The molecule has 1 aliphatic heterocycles. The summed E-state index contributed by atoms with van der Waals surface area (Å²) in [7, 11) is 0. The van der Waals surface area contributed by atoms with Crippen molar-refractivity contribution in [2.75, 3.05) is 32.8 Å². The van der Waals surface area contributed by atoms with Crippen LogP contribution in [-0.2, 0) is 24.1 Å². The molecule has 6 nitrogen and oxygen atoms in total. The number of benzene rings is 1. The summed E-state index contributed by atoms with van der Waals surface area (Å²) in [5, 5.41) is 7.68. The summed E-state index contributed by atoms with van der Waals surface area (Å²) in [6.45, 7) is 6.85. The Labute approximate surface area is 160 Å². The van der Waals surface area contributed by atoms with Crippen molar-refractivity contribution < 1.29 is 9.53 Å². The van der Waals surface area contributed by atoms with Gasteiger partial charge >= 0.3 is 0 Å². The molecule has 2 aliphatic rings. The Balaban J connectivity index is 1.62. The first-order chi connectivity index (χ1) is 13.3. The van der Waals surface area contributed by atoms with Gasteiger partial charge in [-0.3, -0.25) is 14.4 Å². The molecule has 0 radical (unpaired) electrons. The summed E-state index contributed by atoms with van der Waals surface area (Å²) in [5.41, 5.74) is 4.19. The number of amides is 1. The average Bonchev–Trinajstić information content (AvgIpc) is 3.07. The van der Waals surface area contributed by atoms with Gasteiger partial charge in [0.15, 0.2) is 5.69 Å². The third kappa shape index (κ3) is 3.92. The lowest BCUT2D eigenvalue weighted by Crippen LogP contribution is -2.46. The van der Waals surface area contributed by atoms with Crippen LogP contribution in [0.4, 0.5) is 0 Å². The molecule has 1 N–H and O–H groups in total. The molecule has 1 aromatic heterocycles. The Kier molecular flexibility index (Phi) is 5.55. The highest BCUT2D eigenvalue weighted by Gasteiger charge is 2.32. The van der Waals surface area contributed by atoms with E-state index >= 15 is 0 Å². The lowest BCUT2D eigenvalue weighted by Gasteiger charge is -2.36. The average molecular weight is 368 g/mol. The summed E-state index contributed by atoms with van der Waals surface area (Å²) >= 11 is 0. The first-order valence-electron chi connectivity index (χ1n) is 9.98. The molecule has 2 aromatic rings. The summed E-state index contributed by atoms with van der Waals surface area (Å²) in [6.07, 6.45) is 2.98. The lowest BCUT2D eigenvalue weighted by molar-refractivity contribution is 0.0135. The van der Waals surface area contributed by atoms with Gasteiger partial charge in [0.1, 0.15) is 0 Å². The molecule has 27 heavy (non-hydrogen) atoms. The van der Waals surface area contributed by atoms with Gasteiger partial charge in [0.05, 0.1) is 19.8 Å². The largest absolute Gasteiger partial charge is 0.379 e. The zero-order valence-corrected chi connectivity index (χ0v) is 16.0. The Morgan fingerprint density at radius 1 is 1.26 bits per heavy atom. The summed E-state index contributed by atoms with van der Waals surface area (Å²) in [5.74, 6) is -0.0526. The number of carbonyl (C=O) groups is 1. The maximum atomic E-state index is 12.6. The highest BCUT2D eigenvalue weighted by atomic mass is 16.5. The maximum Gasteiger partial charge on any atom is 0.272 e. The number of hydrogen-bond acceptors (Lipinski definition) is 4. The quantitative estimate of drug-likeness (QED) is 0.875. The molecule has 144 valence electrons. The summed E-state index contributed by atoms with van der Waals surface area (Å²) < 4.78 is 7.55. The van der Waals surface area contributed by atoms with Crippen LogP contribution >= 0.6 is 0 Å². The van der Waals surface area contributed by atoms with Crippen LogP contribution in [-0.4, -0.2) is 59.5 Å². The van der Waals surface area contributed by atoms with Gasteiger partial charge in [-0.05, 0) is 31.7 Å². The molecule has 0 saturated carbocycles.